The van der Waals surface area contributed by atoms with Gasteiger partial charge in [-0.1, -0.05) is 46.1 Å². The zero-order chi connectivity index (χ0) is 20.1. The summed E-state index contributed by atoms with van der Waals surface area (Å²) in [5, 5.41) is 0.482. The van der Waals surface area contributed by atoms with Gasteiger partial charge in [-0.15, -0.1) is 0 Å². The van der Waals surface area contributed by atoms with E-state index in [4.69, 9.17) is 16.3 Å². The Kier molecular flexibility index (Phi) is 4.71. The second-order valence-corrected chi connectivity index (χ2v) is 8.97. The van der Waals surface area contributed by atoms with Crippen molar-refractivity contribution < 1.29 is 14.3 Å². The Bertz CT molecular complexity index is 1040. The Morgan fingerprint density at radius 1 is 1.14 bits per heavy atom. The van der Waals surface area contributed by atoms with Crippen LogP contribution in [0.3, 0.4) is 0 Å². The predicted molar refractivity (Wildman–Crippen MR) is 112 cm³/mol. The van der Waals surface area contributed by atoms with Gasteiger partial charge in [-0.25, -0.2) is 4.98 Å². The van der Waals surface area contributed by atoms with Gasteiger partial charge >= 0.3 is 0 Å². The lowest BCUT2D eigenvalue weighted by molar-refractivity contribution is -0.131. The summed E-state index contributed by atoms with van der Waals surface area (Å²) >= 11 is 9.50. The van der Waals surface area contributed by atoms with Gasteiger partial charge in [-0.2, -0.15) is 0 Å². The highest BCUT2D eigenvalue weighted by Gasteiger charge is 2.52. The lowest BCUT2D eigenvalue weighted by Gasteiger charge is -2.35. The van der Waals surface area contributed by atoms with Crippen molar-refractivity contribution >= 4 is 45.0 Å². The van der Waals surface area contributed by atoms with Crippen LogP contribution in [0.15, 0.2) is 58.4 Å². The summed E-state index contributed by atoms with van der Waals surface area (Å²) in [5.41, 5.74) is 1.29. The average molecular weight is 474 g/mol. The molecule has 7 heteroatoms. The second-order valence-electron chi connectivity index (χ2n) is 7.62. The van der Waals surface area contributed by atoms with Crippen LogP contribution in [0.25, 0.3) is 0 Å². The van der Waals surface area contributed by atoms with Gasteiger partial charge in [0.2, 0.25) is 0 Å². The molecule has 1 fully saturated rings. The number of carbonyl (C=O) groups is 2. The highest BCUT2D eigenvalue weighted by atomic mass is 79.9. The maximum atomic E-state index is 13.5. The molecule has 2 aromatic rings. The molecule has 0 radical (unpaired) electrons. The van der Waals surface area contributed by atoms with Crippen molar-refractivity contribution in [3.8, 4) is 0 Å². The molecule has 5 rings (SSSR count). The number of ketones is 1. The number of carbonyl (C=O) groups excluding carboxylic acids is 2. The number of ether oxygens (including phenoxy) is 1. The maximum Gasteiger partial charge on any atom is 0.295 e. The third kappa shape index (κ3) is 3.09. The van der Waals surface area contributed by atoms with Gasteiger partial charge in [0.1, 0.15) is 11.9 Å². The minimum absolute atomic E-state index is 0.0331. The molecule has 0 saturated heterocycles. The molecule has 1 aromatic heterocycles. The van der Waals surface area contributed by atoms with E-state index in [-0.39, 0.29) is 29.5 Å². The van der Waals surface area contributed by atoms with Crippen LogP contribution in [0.2, 0.25) is 5.02 Å². The molecular formula is C22H18BrClN2O3. The number of halogens is 2. The van der Waals surface area contributed by atoms with E-state index in [1.807, 2.05) is 24.3 Å². The van der Waals surface area contributed by atoms with E-state index in [0.717, 1.165) is 35.7 Å². The fraction of sp³-hybridized carbons (Fsp3) is 0.318. The summed E-state index contributed by atoms with van der Waals surface area (Å²) in [7, 11) is 0. The molecule has 1 amide bonds. The lowest BCUT2D eigenvalue weighted by atomic mass is 9.77. The largest absolute Gasteiger partial charge is 0.483 e. The summed E-state index contributed by atoms with van der Waals surface area (Å²) in [5.74, 6) is 0.156. The highest BCUT2D eigenvalue weighted by molar-refractivity contribution is 9.10. The Morgan fingerprint density at radius 2 is 1.97 bits per heavy atom. The number of amides is 1. The van der Waals surface area contributed by atoms with Crippen molar-refractivity contribution in [2.75, 3.05) is 4.90 Å². The van der Waals surface area contributed by atoms with Crippen LogP contribution >= 0.6 is 27.5 Å². The Hall–Kier alpha value is -2.18. The number of anilines is 1. The van der Waals surface area contributed by atoms with Crippen LogP contribution in [0.4, 0.5) is 5.82 Å². The van der Waals surface area contributed by atoms with Crippen molar-refractivity contribution in [2.24, 2.45) is 5.92 Å². The lowest BCUT2D eigenvalue weighted by Crippen LogP contribution is -2.39. The zero-order valence-corrected chi connectivity index (χ0v) is 17.8. The van der Waals surface area contributed by atoms with Gasteiger partial charge in [0.05, 0.1) is 22.6 Å². The van der Waals surface area contributed by atoms with E-state index >= 15 is 0 Å². The van der Waals surface area contributed by atoms with Crippen molar-refractivity contribution in [1.82, 2.24) is 4.98 Å². The van der Waals surface area contributed by atoms with Gasteiger partial charge in [0.25, 0.3) is 5.91 Å². The molecule has 3 heterocycles. The monoisotopic (exact) mass is 472 g/mol. The summed E-state index contributed by atoms with van der Waals surface area (Å²) < 4.78 is 7.03. The van der Waals surface area contributed by atoms with E-state index in [0.29, 0.717) is 16.4 Å². The third-order valence-corrected chi connectivity index (χ3v) is 6.60. The topological polar surface area (TPSA) is 59.5 Å². The quantitative estimate of drug-likeness (QED) is 0.616. The van der Waals surface area contributed by atoms with Crippen molar-refractivity contribution in [3.05, 3.63) is 69.0 Å². The van der Waals surface area contributed by atoms with Crippen LogP contribution < -0.4 is 4.90 Å². The fourth-order valence-corrected chi connectivity index (χ4v) is 5.11. The number of nitrogens with zero attached hydrogens (tertiary/aromatic N) is 2. The van der Waals surface area contributed by atoms with Gasteiger partial charge in [-0.3, -0.25) is 14.5 Å². The number of benzene rings is 1. The van der Waals surface area contributed by atoms with Crippen LogP contribution in [0, 0.1) is 5.92 Å². The number of aromatic nitrogens is 1. The predicted octanol–water partition coefficient (Wildman–Crippen LogP) is 5.00. The number of Topliss-reactive ketones (excluding diaryl/α,β-unsaturated/α-hetero) is 1. The first kappa shape index (κ1) is 18.8. The van der Waals surface area contributed by atoms with E-state index in [2.05, 4.69) is 20.9 Å². The average Bonchev–Trinajstić information content (AvgIpc) is 3.02. The second kappa shape index (κ2) is 7.26. The molecule has 1 aromatic carbocycles. The van der Waals surface area contributed by atoms with Crippen molar-refractivity contribution in [2.45, 2.75) is 37.8 Å². The molecule has 2 aliphatic heterocycles. The molecule has 1 saturated carbocycles. The third-order valence-electron chi connectivity index (χ3n) is 5.89. The summed E-state index contributed by atoms with van der Waals surface area (Å²) in [6.07, 6.45) is 4.93. The van der Waals surface area contributed by atoms with Gasteiger partial charge in [0, 0.05) is 10.7 Å². The van der Waals surface area contributed by atoms with E-state index in [1.54, 1.807) is 17.0 Å². The molecule has 0 N–H and O–H groups in total. The summed E-state index contributed by atoms with van der Waals surface area (Å²) in [6, 6.07) is 10.5. The SMILES string of the molecule is O=C1C2=C(OC3CCCCC13)C(=O)N(c1ccc(Cl)cn1)C2c1cccc(Br)c1. The van der Waals surface area contributed by atoms with E-state index < -0.39 is 6.04 Å². The van der Waals surface area contributed by atoms with Crippen LogP contribution in [0.1, 0.15) is 37.3 Å². The highest BCUT2D eigenvalue weighted by Crippen LogP contribution is 2.48. The minimum Gasteiger partial charge on any atom is -0.483 e. The van der Waals surface area contributed by atoms with Gasteiger partial charge in [-0.05, 0) is 49.1 Å². The first-order valence-corrected chi connectivity index (χ1v) is 10.9. The molecule has 148 valence electrons. The van der Waals surface area contributed by atoms with Crippen molar-refractivity contribution in [3.63, 3.8) is 0 Å². The molecule has 5 nitrogen and oxygen atoms in total. The number of pyridine rings is 1. The Balaban J connectivity index is 1.66. The molecule has 3 atom stereocenters. The molecular weight excluding hydrogens is 456 g/mol. The van der Waals surface area contributed by atoms with Crippen LogP contribution in [-0.2, 0) is 14.3 Å². The standard InChI is InChI=1S/C22H18BrClN2O3/c23-13-5-3-4-12(10-13)19-18-20(27)15-6-1-2-7-16(15)29-21(18)22(28)26(19)17-9-8-14(24)11-25-17/h3-5,8-11,15-16,19H,1-2,6-7H2. The van der Waals surface area contributed by atoms with E-state index in [9.17, 15) is 9.59 Å². The van der Waals surface area contributed by atoms with E-state index in [1.165, 1.54) is 6.20 Å². The molecule has 0 bridgehead atoms. The molecule has 3 aliphatic rings. The molecule has 29 heavy (non-hydrogen) atoms. The van der Waals surface area contributed by atoms with Crippen molar-refractivity contribution in [1.29, 1.82) is 0 Å². The molecule has 3 unspecified atom stereocenters. The number of fused-ring (bicyclic) bond motifs is 1. The number of hydrogen-bond acceptors (Lipinski definition) is 4. The number of hydrogen-bond donors (Lipinski definition) is 0. The first-order chi connectivity index (χ1) is 14.0. The maximum absolute atomic E-state index is 13.5. The van der Waals surface area contributed by atoms with Crippen LogP contribution in [-0.4, -0.2) is 22.8 Å². The van der Waals surface area contributed by atoms with Crippen LogP contribution in [0.5, 0.6) is 0 Å². The first-order valence-electron chi connectivity index (χ1n) is 9.70. The fourth-order valence-electron chi connectivity index (χ4n) is 4.58. The normalized spacial score (nSPS) is 26.3. The minimum atomic E-state index is -0.570. The number of rotatable bonds is 2. The molecule has 1 aliphatic carbocycles. The Labute approximate surface area is 181 Å². The smallest absolute Gasteiger partial charge is 0.295 e. The Morgan fingerprint density at radius 3 is 2.72 bits per heavy atom. The zero-order valence-electron chi connectivity index (χ0n) is 15.5. The molecule has 0 spiro atoms. The van der Waals surface area contributed by atoms with Gasteiger partial charge < -0.3 is 4.74 Å². The summed E-state index contributed by atoms with van der Waals surface area (Å²) in [4.78, 5) is 32.8. The summed E-state index contributed by atoms with van der Waals surface area (Å²) in [6.45, 7) is 0. The van der Waals surface area contributed by atoms with Gasteiger partial charge in [0.15, 0.2) is 11.5 Å².